The van der Waals surface area contributed by atoms with Crippen molar-refractivity contribution in [2.75, 3.05) is 13.7 Å². The van der Waals surface area contributed by atoms with Crippen LogP contribution >= 0.6 is 0 Å². The lowest BCUT2D eigenvalue weighted by atomic mass is 9.86. The smallest absolute Gasteiger partial charge is 0.253 e. The predicted molar refractivity (Wildman–Crippen MR) is 71.3 cm³/mol. The minimum atomic E-state index is -0.331. The first-order chi connectivity index (χ1) is 9.11. The monoisotopic (exact) mass is 265 g/mol. The van der Waals surface area contributed by atoms with Crippen molar-refractivity contribution < 1.29 is 14.3 Å². The molecule has 1 aromatic rings. The molecule has 1 N–H and O–H groups in total. The zero-order chi connectivity index (χ0) is 13.8. The Morgan fingerprint density at radius 2 is 1.84 bits per heavy atom. The van der Waals surface area contributed by atoms with Gasteiger partial charge in [-0.2, -0.15) is 0 Å². The van der Waals surface area contributed by atoms with Gasteiger partial charge in [-0.15, -0.1) is 0 Å². The molecule has 1 amide bonds. The second-order valence-corrected chi connectivity index (χ2v) is 5.28. The molecule has 1 aliphatic carbocycles. The van der Waals surface area contributed by atoms with Gasteiger partial charge in [-0.1, -0.05) is 0 Å². The van der Waals surface area contributed by atoms with Gasteiger partial charge < -0.3 is 10.0 Å². The molecule has 0 aliphatic heterocycles. The van der Waals surface area contributed by atoms with E-state index in [1.54, 1.807) is 11.9 Å². The molecule has 0 unspecified atom stereocenters. The minimum Gasteiger partial charge on any atom is -0.396 e. The number of nitrogens with zero attached hydrogens (tertiary/aromatic N) is 1. The van der Waals surface area contributed by atoms with Gasteiger partial charge in [0.15, 0.2) is 0 Å². The largest absolute Gasteiger partial charge is 0.396 e. The third-order valence-electron chi connectivity index (χ3n) is 4.03. The van der Waals surface area contributed by atoms with Crippen molar-refractivity contribution in [1.29, 1.82) is 0 Å². The van der Waals surface area contributed by atoms with E-state index in [9.17, 15) is 9.18 Å². The Kier molecular flexibility index (Phi) is 4.53. The highest BCUT2D eigenvalue weighted by molar-refractivity contribution is 5.94. The van der Waals surface area contributed by atoms with Crippen LogP contribution in [-0.2, 0) is 0 Å². The van der Waals surface area contributed by atoms with Crippen LogP contribution < -0.4 is 0 Å². The second-order valence-electron chi connectivity index (χ2n) is 5.28. The number of hydrogen-bond donors (Lipinski definition) is 1. The number of carbonyl (C=O) groups is 1. The van der Waals surface area contributed by atoms with Gasteiger partial charge in [-0.05, 0) is 55.9 Å². The van der Waals surface area contributed by atoms with Crippen molar-refractivity contribution in [3.63, 3.8) is 0 Å². The molecule has 0 heterocycles. The van der Waals surface area contributed by atoms with Gasteiger partial charge in [0.25, 0.3) is 5.91 Å². The molecule has 1 aromatic carbocycles. The van der Waals surface area contributed by atoms with Gasteiger partial charge in [-0.25, -0.2) is 4.39 Å². The molecular formula is C15H20FNO2. The molecule has 2 rings (SSSR count). The van der Waals surface area contributed by atoms with Gasteiger partial charge in [0, 0.05) is 25.3 Å². The molecule has 1 fully saturated rings. The number of benzene rings is 1. The topological polar surface area (TPSA) is 40.5 Å². The highest BCUT2D eigenvalue weighted by atomic mass is 19.1. The lowest BCUT2D eigenvalue weighted by molar-refractivity contribution is 0.0653. The molecule has 0 saturated heterocycles. The number of aliphatic hydroxyl groups excluding tert-OH is 1. The fraction of sp³-hybridized carbons (Fsp3) is 0.533. The lowest BCUT2D eigenvalue weighted by Crippen LogP contribution is -2.39. The summed E-state index contributed by atoms with van der Waals surface area (Å²) in [6.07, 6.45) is 3.77. The van der Waals surface area contributed by atoms with Crippen molar-refractivity contribution >= 4 is 5.91 Å². The van der Waals surface area contributed by atoms with Crippen LogP contribution in [0, 0.1) is 11.7 Å². The zero-order valence-electron chi connectivity index (χ0n) is 11.2. The Morgan fingerprint density at radius 3 is 2.37 bits per heavy atom. The SMILES string of the molecule is CN(C(=O)c1ccc(F)cc1)C1CCC(CO)CC1. The Labute approximate surface area is 113 Å². The van der Waals surface area contributed by atoms with E-state index in [1.165, 1.54) is 24.3 Å². The molecule has 0 aromatic heterocycles. The van der Waals surface area contributed by atoms with Crippen molar-refractivity contribution in [3.05, 3.63) is 35.6 Å². The van der Waals surface area contributed by atoms with Crippen LogP contribution in [0.5, 0.6) is 0 Å². The first kappa shape index (κ1) is 14.0. The van der Waals surface area contributed by atoms with Gasteiger partial charge in [-0.3, -0.25) is 4.79 Å². The van der Waals surface area contributed by atoms with E-state index in [2.05, 4.69) is 0 Å². The normalized spacial score (nSPS) is 23.1. The van der Waals surface area contributed by atoms with E-state index < -0.39 is 0 Å². The summed E-state index contributed by atoms with van der Waals surface area (Å²) in [5.74, 6) is -0.0133. The first-order valence-corrected chi connectivity index (χ1v) is 6.75. The van der Waals surface area contributed by atoms with E-state index in [0.717, 1.165) is 25.7 Å². The van der Waals surface area contributed by atoms with Gasteiger partial charge in [0.1, 0.15) is 5.82 Å². The van der Waals surface area contributed by atoms with Crippen molar-refractivity contribution in [1.82, 2.24) is 4.90 Å². The molecule has 104 valence electrons. The fourth-order valence-corrected chi connectivity index (χ4v) is 2.68. The summed E-state index contributed by atoms with van der Waals surface area (Å²) in [6, 6.07) is 5.88. The molecule has 1 aliphatic rings. The van der Waals surface area contributed by atoms with E-state index in [-0.39, 0.29) is 24.4 Å². The third kappa shape index (κ3) is 3.32. The molecule has 0 bridgehead atoms. The van der Waals surface area contributed by atoms with Crippen molar-refractivity contribution in [3.8, 4) is 0 Å². The summed E-state index contributed by atoms with van der Waals surface area (Å²) in [4.78, 5) is 14.0. The highest BCUT2D eigenvalue weighted by Gasteiger charge is 2.26. The second kappa shape index (κ2) is 6.15. The highest BCUT2D eigenvalue weighted by Crippen LogP contribution is 2.27. The van der Waals surface area contributed by atoms with Crippen LogP contribution in [0.3, 0.4) is 0 Å². The Morgan fingerprint density at radius 1 is 1.26 bits per heavy atom. The predicted octanol–water partition coefficient (Wildman–Crippen LogP) is 2.45. The third-order valence-corrected chi connectivity index (χ3v) is 4.03. The molecule has 3 nitrogen and oxygen atoms in total. The molecular weight excluding hydrogens is 245 g/mol. The maximum absolute atomic E-state index is 12.8. The quantitative estimate of drug-likeness (QED) is 0.912. The summed E-state index contributed by atoms with van der Waals surface area (Å²) in [7, 11) is 1.80. The Balaban J connectivity index is 1.98. The molecule has 19 heavy (non-hydrogen) atoms. The maximum atomic E-state index is 12.8. The van der Waals surface area contributed by atoms with Crippen molar-refractivity contribution in [2.45, 2.75) is 31.7 Å². The number of rotatable bonds is 3. The van der Waals surface area contributed by atoms with Crippen molar-refractivity contribution in [2.24, 2.45) is 5.92 Å². The Hall–Kier alpha value is -1.42. The summed E-state index contributed by atoms with van der Waals surface area (Å²) >= 11 is 0. The zero-order valence-corrected chi connectivity index (χ0v) is 11.2. The van der Waals surface area contributed by atoms with Crippen LogP contribution in [-0.4, -0.2) is 35.6 Å². The van der Waals surface area contributed by atoms with E-state index in [4.69, 9.17) is 5.11 Å². The molecule has 0 radical (unpaired) electrons. The summed E-state index contributed by atoms with van der Waals surface area (Å²) in [6.45, 7) is 0.238. The van der Waals surface area contributed by atoms with Gasteiger partial charge in [0.05, 0.1) is 0 Å². The molecule has 4 heteroatoms. The number of hydrogen-bond acceptors (Lipinski definition) is 2. The van der Waals surface area contributed by atoms with Crippen LogP contribution in [0.25, 0.3) is 0 Å². The summed E-state index contributed by atoms with van der Waals surface area (Å²) < 4.78 is 12.8. The van der Waals surface area contributed by atoms with Gasteiger partial charge >= 0.3 is 0 Å². The number of halogens is 1. The maximum Gasteiger partial charge on any atom is 0.253 e. The van der Waals surface area contributed by atoms with E-state index >= 15 is 0 Å². The van der Waals surface area contributed by atoms with Crippen LogP contribution in [0.1, 0.15) is 36.0 Å². The summed E-state index contributed by atoms with van der Waals surface area (Å²) in [5.41, 5.74) is 0.521. The lowest BCUT2D eigenvalue weighted by Gasteiger charge is -2.34. The number of amides is 1. The first-order valence-electron chi connectivity index (χ1n) is 6.75. The van der Waals surface area contributed by atoms with Gasteiger partial charge in [0.2, 0.25) is 0 Å². The molecule has 1 saturated carbocycles. The number of aliphatic hydroxyl groups is 1. The van der Waals surface area contributed by atoms with Crippen LogP contribution in [0.4, 0.5) is 4.39 Å². The van der Waals surface area contributed by atoms with Crippen LogP contribution in [0.2, 0.25) is 0 Å². The molecule has 0 atom stereocenters. The Bertz CT molecular complexity index is 424. The average Bonchev–Trinajstić information content (AvgIpc) is 2.46. The summed E-state index contributed by atoms with van der Waals surface area (Å²) in [5, 5.41) is 9.11. The average molecular weight is 265 g/mol. The van der Waals surface area contributed by atoms with E-state index in [1.807, 2.05) is 0 Å². The fourth-order valence-electron chi connectivity index (χ4n) is 2.68. The van der Waals surface area contributed by atoms with Crippen LogP contribution in [0.15, 0.2) is 24.3 Å². The molecule has 0 spiro atoms. The van der Waals surface area contributed by atoms with E-state index in [0.29, 0.717) is 11.5 Å². The minimum absolute atomic E-state index is 0.0625. The standard InChI is InChI=1S/C15H20FNO2/c1-17(14-8-2-11(10-18)3-9-14)15(19)12-4-6-13(16)7-5-12/h4-7,11,14,18H,2-3,8-10H2,1H3. The number of carbonyl (C=O) groups excluding carboxylic acids is 1.